The summed E-state index contributed by atoms with van der Waals surface area (Å²) in [5, 5.41) is 17.3. The number of carboxylic acids is 1. The molecule has 0 saturated carbocycles. The van der Waals surface area contributed by atoms with E-state index in [1.165, 1.54) is 11.3 Å². The van der Waals surface area contributed by atoms with E-state index in [9.17, 15) is 14.4 Å². The molecule has 1 heterocycles. The lowest BCUT2D eigenvalue weighted by molar-refractivity contribution is -0.142. The summed E-state index contributed by atoms with van der Waals surface area (Å²) >= 11 is 1.38. The predicted octanol–water partition coefficient (Wildman–Crippen LogP) is 1.09. The topological polar surface area (TPSA) is 95.5 Å². The Balaban J connectivity index is 2.42. The number of hydrogen-bond acceptors (Lipinski definition) is 4. The van der Waals surface area contributed by atoms with Gasteiger partial charge in [-0.1, -0.05) is 13.8 Å². The van der Waals surface area contributed by atoms with Gasteiger partial charge in [0.1, 0.15) is 6.04 Å². The molecular weight excluding hydrogens is 280 g/mol. The third-order valence-electron chi connectivity index (χ3n) is 2.53. The van der Waals surface area contributed by atoms with Gasteiger partial charge in [0.05, 0.1) is 6.54 Å². The molecule has 0 aromatic carbocycles. The average Bonchev–Trinajstić information content (AvgIpc) is 2.88. The second kappa shape index (κ2) is 7.64. The maximum atomic E-state index is 11.6. The quantitative estimate of drug-likeness (QED) is 0.702. The van der Waals surface area contributed by atoms with Gasteiger partial charge in [0.15, 0.2) is 0 Å². The summed E-state index contributed by atoms with van der Waals surface area (Å²) in [5.74, 6) is -1.79. The first-order chi connectivity index (χ1) is 9.40. The van der Waals surface area contributed by atoms with Crippen molar-refractivity contribution in [3.05, 3.63) is 22.4 Å². The lowest BCUT2D eigenvalue weighted by Crippen LogP contribution is -2.46. The van der Waals surface area contributed by atoms with Crippen molar-refractivity contribution in [2.24, 2.45) is 5.92 Å². The van der Waals surface area contributed by atoms with Crippen molar-refractivity contribution in [2.75, 3.05) is 6.54 Å². The molecule has 0 unspecified atom stereocenters. The second-order valence-electron chi connectivity index (χ2n) is 4.78. The fraction of sp³-hybridized carbons (Fsp3) is 0.462. The summed E-state index contributed by atoms with van der Waals surface area (Å²) in [4.78, 5) is 34.2. The molecule has 1 aromatic heterocycles. The van der Waals surface area contributed by atoms with Crippen LogP contribution in [0.4, 0.5) is 0 Å². The molecule has 20 heavy (non-hydrogen) atoms. The summed E-state index contributed by atoms with van der Waals surface area (Å²) in [5.41, 5.74) is 0.486. The van der Waals surface area contributed by atoms with Crippen LogP contribution in [-0.4, -0.2) is 35.5 Å². The van der Waals surface area contributed by atoms with E-state index in [1.807, 2.05) is 13.8 Å². The van der Waals surface area contributed by atoms with Gasteiger partial charge in [-0.3, -0.25) is 9.59 Å². The van der Waals surface area contributed by atoms with E-state index in [2.05, 4.69) is 10.6 Å². The van der Waals surface area contributed by atoms with Crippen LogP contribution in [0.3, 0.4) is 0 Å². The Morgan fingerprint density at radius 2 is 2.05 bits per heavy atom. The van der Waals surface area contributed by atoms with Crippen LogP contribution in [0.2, 0.25) is 0 Å². The third-order valence-corrected chi connectivity index (χ3v) is 3.22. The van der Waals surface area contributed by atoms with Crippen LogP contribution in [0, 0.1) is 5.92 Å². The van der Waals surface area contributed by atoms with Gasteiger partial charge in [-0.25, -0.2) is 4.79 Å². The highest BCUT2D eigenvalue weighted by atomic mass is 32.1. The van der Waals surface area contributed by atoms with Gasteiger partial charge < -0.3 is 15.7 Å². The molecule has 0 radical (unpaired) electrons. The van der Waals surface area contributed by atoms with Gasteiger partial charge in [-0.05, 0) is 23.8 Å². The smallest absolute Gasteiger partial charge is 0.326 e. The number of amides is 2. The normalized spacial score (nSPS) is 11.9. The fourth-order valence-corrected chi connectivity index (χ4v) is 2.23. The Kier molecular flexibility index (Phi) is 6.17. The van der Waals surface area contributed by atoms with Crippen molar-refractivity contribution in [3.8, 4) is 0 Å². The number of hydrogen-bond donors (Lipinski definition) is 3. The van der Waals surface area contributed by atoms with E-state index in [0.29, 0.717) is 12.0 Å². The van der Waals surface area contributed by atoms with Crippen LogP contribution < -0.4 is 10.6 Å². The molecule has 0 bridgehead atoms. The minimum atomic E-state index is -1.07. The maximum absolute atomic E-state index is 11.6. The van der Waals surface area contributed by atoms with E-state index in [1.54, 1.807) is 16.8 Å². The molecule has 6 nitrogen and oxygen atoms in total. The zero-order valence-electron chi connectivity index (χ0n) is 11.4. The van der Waals surface area contributed by atoms with Gasteiger partial charge in [0.2, 0.25) is 5.91 Å². The summed E-state index contributed by atoms with van der Waals surface area (Å²) in [7, 11) is 0. The second-order valence-corrected chi connectivity index (χ2v) is 5.56. The molecule has 110 valence electrons. The standard InChI is InChI=1S/C13H18N2O4S/c1-8(2)5-10(13(18)19)15-11(16)6-14-12(17)9-3-4-20-7-9/h3-4,7-8,10H,5-6H2,1-2H3,(H,14,17)(H,15,16)(H,18,19)/t10-/m0/s1. The zero-order valence-corrected chi connectivity index (χ0v) is 12.2. The number of aliphatic carboxylic acids is 1. The fourth-order valence-electron chi connectivity index (χ4n) is 1.59. The summed E-state index contributed by atoms with van der Waals surface area (Å²) < 4.78 is 0. The molecule has 0 aliphatic rings. The van der Waals surface area contributed by atoms with Crippen molar-refractivity contribution in [3.63, 3.8) is 0 Å². The van der Waals surface area contributed by atoms with Crippen LogP contribution in [-0.2, 0) is 9.59 Å². The van der Waals surface area contributed by atoms with Crippen molar-refractivity contribution >= 4 is 29.1 Å². The number of nitrogens with one attached hydrogen (secondary N) is 2. The summed E-state index contributed by atoms with van der Waals surface area (Å²) in [6.07, 6.45) is 0.347. The monoisotopic (exact) mass is 298 g/mol. The van der Waals surface area contributed by atoms with Gasteiger partial charge in [0, 0.05) is 10.9 Å². The van der Waals surface area contributed by atoms with Crippen molar-refractivity contribution in [1.82, 2.24) is 10.6 Å². The summed E-state index contributed by atoms with van der Waals surface area (Å²) in [6.45, 7) is 3.51. The number of rotatable bonds is 7. The van der Waals surface area contributed by atoms with E-state index < -0.39 is 17.9 Å². The number of carbonyl (C=O) groups is 3. The average molecular weight is 298 g/mol. The maximum Gasteiger partial charge on any atom is 0.326 e. The Hall–Kier alpha value is -1.89. The SMILES string of the molecule is CC(C)C[C@H](NC(=O)CNC(=O)c1ccsc1)C(=O)O. The molecule has 0 saturated heterocycles. The Labute approximate surface area is 121 Å². The van der Waals surface area contributed by atoms with Crippen LogP contribution in [0.25, 0.3) is 0 Å². The molecule has 0 spiro atoms. The molecule has 0 fully saturated rings. The van der Waals surface area contributed by atoms with Gasteiger partial charge >= 0.3 is 5.97 Å². The molecule has 0 aliphatic carbocycles. The summed E-state index contributed by atoms with van der Waals surface area (Å²) in [6, 6.07) is 0.719. The first kappa shape index (κ1) is 16.2. The van der Waals surface area contributed by atoms with Gasteiger partial charge in [0.25, 0.3) is 5.91 Å². The number of carboxylic acid groups (broad SMARTS) is 1. The van der Waals surface area contributed by atoms with Gasteiger partial charge in [-0.15, -0.1) is 0 Å². The molecular formula is C13H18N2O4S. The lowest BCUT2D eigenvalue weighted by Gasteiger charge is -2.16. The Morgan fingerprint density at radius 1 is 1.35 bits per heavy atom. The van der Waals surface area contributed by atoms with Crippen molar-refractivity contribution in [2.45, 2.75) is 26.3 Å². The number of carbonyl (C=O) groups excluding carboxylic acids is 2. The van der Waals surface area contributed by atoms with E-state index in [0.717, 1.165) is 0 Å². The molecule has 3 N–H and O–H groups in total. The van der Waals surface area contributed by atoms with Crippen LogP contribution >= 0.6 is 11.3 Å². The largest absolute Gasteiger partial charge is 0.480 e. The highest BCUT2D eigenvalue weighted by Crippen LogP contribution is 2.06. The lowest BCUT2D eigenvalue weighted by atomic mass is 10.0. The minimum absolute atomic E-state index is 0.150. The highest BCUT2D eigenvalue weighted by Gasteiger charge is 2.21. The Morgan fingerprint density at radius 3 is 2.55 bits per heavy atom. The minimum Gasteiger partial charge on any atom is -0.480 e. The first-order valence-electron chi connectivity index (χ1n) is 6.22. The zero-order chi connectivity index (χ0) is 15.1. The number of thiophene rings is 1. The predicted molar refractivity (Wildman–Crippen MR) is 75.7 cm³/mol. The van der Waals surface area contributed by atoms with Crippen LogP contribution in [0.15, 0.2) is 16.8 Å². The third kappa shape index (κ3) is 5.40. The first-order valence-corrected chi connectivity index (χ1v) is 7.17. The Bertz CT molecular complexity index is 471. The van der Waals surface area contributed by atoms with Gasteiger partial charge in [-0.2, -0.15) is 11.3 Å². The highest BCUT2D eigenvalue weighted by molar-refractivity contribution is 7.08. The molecule has 0 aliphatic heterocycles. The molecule has 7 heteroatoms. The molecule has 1 aromatic rings. The van der Waals surface area contributed by atoms with Crippen LogP contribution in [0.1, 0.15) is 30.6 Å². The van der Waals surface area contributed by atoms with E-state index in [4.69, 9.17) is 5.11 Å². The molecule has 2 amide bonds. The van der Waals surface area contributed by atoms with E-state index in [-0.39, 0.29) is 18.4 Å². The molecule has 1 atom stereocenters. The van der Waals surface area contributed by atoms with Crippen LogP contribution in [0.5, 0.6) is 0 Å². The molecule has 1 rings (SSSR count). The van der Waals surface area contributed by atoms with Crippen molar-refractivity contribution in [1.29, 1.82) is 0 Å². The van der Waals surface area contributed by atoms with E-state index >= 15 is 0 Å². The van der Waals surface area contributed by atoms with Crippen molar-refractivity contribution < 1.29 is 19.5 Å².